The molecule has 0 saturated carbocycles. The Bertz CT molecular complexity index is 8100. The van der Waals surface area contributed by atoms with E-state index in [1.165, 1.54) is 78.9 Å². The molecule has 33 heteroatoms. The van der Waals surface area contributed by atoms with E-state index in [0.29, 0.717) is 39.5 Å². The van der Waals surface area contributed by atoms with Gasteiger partial charge in [-0.15, -0.1) is 26.3 Å². The molecule has 0 radical (unpaired) electrons. The average Bonchev–Trinajstić information content (AvgIpc) is 1.54. The molecular formula is C98H46F11N14O6S2-. The number of rotatable bonds is 11. The molecule has 0 saturated heterocycles. The summed E-state index contributed by atoms with van der Waals surface area (Å²) in [5, 5.41) is 68.2. The minimum Gasteiger partial charge on any atom is -0.772 e. The molecule has 634 valence electrons. The van der Waals surface area contributed by atoms with Crippen molar-refractivity contribution in [3.8, 4) is 54.0 Å². The topological polar surface area (TPSA) is 290 Å². The number of sulfone groups is 1. The quantitative estimate of drug-likeness (QED) is 0.0504. The summed E-state index contributed by atoms with van der Waals surface area (Å²) < 4.78 is 216. The van der Waals surface area contributed by atoms with Crippen molar-refractivity contribution in [3.05, 3.63) is 437 Å². The molecule has 131 heavy (non-hydrogen) atoms. The van der Waals surface area contributed by atoms with Crippen molar-refractivity contribution < 1.29 is 74.9 Å². The van der Waals surface area contributed by atoms with Crippen LogP contribution in [0, 0.1) is 151 Å². The lowest BCUT2D eigenvalue weighted by Gasteiger charge is -2.18. The maximum atomic E-state index is 16.6. The Morgan fingerprint density at radius 3 is 1.18 bits per heavy atom. The number of aryl methyl sites for hydroxylation is 2. The van der Waals surface area contributed by atoms with Gasteiger partial charge in [0, 0.05) is 58.2 Å². The number of nitrogens with zero attached hydrogens (tertiary/aromatic N) is 14. The molecule has 6 aliphatic rings. The summed E-state index contributed by atoms with van der Waals surface area (Å²) in [6.07, 6.45) is -11.3. The first-order chi connectivity index (χ1) is 62.5. The Labute approximate surface area is 740 Å². The van der Waals surface area contributed by atoms with Crippen LogP contribution in [0.15, 0.2) is 230 Å². The second-order valence-corrected chi connectivity index (χ2v) is 32.1. The van der Waals surface area contributed by atoms with Crippen LogP contribution in [-0.2, 0) is 65.2 Å². The summed E-state index contributed by atoms with van der Waals surface area (Å²) >= 11 is -2.95. The zero-order chi connectivity index (χ0) is 94.8. The molecule has 1 atom stereocenters. The third-order valence-corrected chi connectivity index (χ3v) is 24.0. The van der Waals surface area contributed by atoms with E-state index in [2.05, 4.69) is 43.4 Å². The smallest absolute Gasteiger partial charge is 0.573 e. The van der Waals surface area contributed by atoms with Gasteiger partial charge in [0.05, 0.1) is 39.8 Å². The summed E-state index contributed by atoms with van der Waals surface area (Å²) in [7, 11) is -6.34. The van der Waals surface area contributed by atoms with Crippen LogP contribution in [0.5, 0.6) is 11.5 Å². The van der Waals surface area contributed by atoms with Gasteiger partial charge in [-0.1, -0.05) is 125 Å². The van der Waals surface area contributed by atoms with Crippen LogP contribution in [0.4, 0.5) is 54.0 Å². The molecule has 0 aliphatic heterocycles. The monoisotopic (exact) mass is 1790 g/mol. The number of hydrogen-bond donors (Lipinski definition) is 0. The summed E-state index contributed by atoms with van der Waals surface area (Å²) in [6.45, 7) is 56.6. The fourth-order valence-corrected chi connectivity index (χ4v) is 18.8. The number of allylic oxidation sites excluding steroid dienone is 9. The lowest BCUT2D eigenvalue weighted by atomic mass is 9.93. The Morgan fingerprint density at radius 2 is 0.763 bits per heavy atom. The van der Waals surface area contributed by atoms with Gasteiger partial charge >= 0.3 is 35.7 Å². The lowest BCUT2D eigenvalue weighted by Crippen LogP contribution is -2.36. The van der Waals surface area contributed by atoms with Gasteiger partial charge in [-0.05, 0) is 208 Å². The van der Waals surface area contributed by atoms with Gasteiger partial charge in [-0.3, -0.25) is 4.21 Å². The van der Waals surface area contributed by atoms with E-state index in [4.69, 9.17) is 46.0 Å². The highest BCUT2D eigenvalue weighted by atomic mass is 32.2. The van der Waals surface area contributed by atoms with Crippen molar-refractivity contribution in [1.29, 1.82) is 36.8 Å². The number of benzene rings is 9. The number of ether oxygens (including phenoxy) is 2. The van der Waals surface area contributed by atoms with E-state index in [1.54, 1.807) is 61.5 Å². The van der Waals surface area contributed by atoms with E-state index in [9.17, 15) is 93.5 Å². The Hall–Kier alpha value is -17.6. The predicted octanol–water partition coefficient (Wildman–Crippen LogP) is 16.6. The number of hydrogen-bond acceptors (Lipinski definition) is 13. The first-order valence-corrected chi connectivity index (χ1v) is 40.6. The van der Waals surface area contributed by atoms with Gasteiger partial charge in [0.15, 0.2) is 5.69 Å². The van der Waals surface area contributed by atoms with Gasteiger partial charge in [-0.25, -0.2) is 22.0 Å². The van der Waals surface area contributed by atoms with Gasteiger partial charge in [0.25, 0.3) is 9.84 Å². The van der Waals surface area contributed by atoms with Crippen LogP contribution in [0.25, 0.3) is 67.4 Å². The Balaban J connectivity index is 0.000000168. The molecule has 0 aromatic heterocycles. The van der Waals surface area contributed by atoms with E-state index in [-0.39, 0.29) is 147 Å². The summed E-state index contributed by atoms with van der Waals surface area (Å²) in [5.41, 5.74) is -1.40. The van der Waals surface area contributed by atoms with Crippen molar-refractivity contribution in [1.82, 2.24) is 0 Å². The number of fused-ring (bicyclic) bond motifs is 6. The molecule has 20 nitrogen and oxygen atoms in total. The van der Waals surface area contributed by atoms with Crippen molar-refractivity contribution in [3.63, 3.8) is 0 Å². The highest BCUT2D eigenvalue weighted by molar-refractivity contribution is 7.92. The maximum Gasteiger partial charge on any atom is 0.573 e. The molecule has 0 N–H and O–H groups in total. The molecule has 6 aliphatic carbocycles. The van der Waals surface area contributed by atoms with E-state index >= 15 is 8.78 Å². The Kier molecular flexibility index (Phi) is 25.1. The number of nitriles is 7. The molecule has 0 amide bonds. The molecule has 1 unspecified atom stereocenters. The SMILES string of the molecule is [C-]#[N+]C([N+]#[C-])=C1Cc2c(CS(=O)[O-])c3c(c(S(=O)(=O)C(F)(F)F)c2=C1c1cccc([N+]#[C-])c1)CC(=C(C#N)C#N)C=3c1cccc(C#N)c1.[C-]#[N+]C([N+]#[C-])=C1Cc2c(F)c3c(c(F)c2=C1c1cccc(C)c1)CC(=C(C#N)C#N)C=3c1cccc(OC(F)(F)F)c1.[C-]#[N+]C([N+]#[C-])=C1Cc2cc3c(cc2=C1c1cccc(C)c1)CC(=C(C#N)C#N)C=3c1cccc(OC(F)(F)F)c1. The second-order valence-electron chi connectivity index (χ2n) is 29.3. The lowest BCUT2D eigenvalue weighted by molar-refractivity contribution is -0.275. The van der Waals surface area contributed by atoms with Crippen LogP contribution in [0.2, 0.25) is 0 Å². The third kappa shape index (κ3) is 17.1. The summed E-state index contributed by atoms with van der Waals surface area (Å²) in [4.78, 5) is 22.0. The van der Waals surface area contributed by atoms with E-state index in [1.807, 2.05) is 61.5 Å². The molecule has 9 aromatic rings. The Morgan fingerprint density at radius 1 is 0.420 bits per heavy atom. The van der Waals surface area contributed by atoms with Crippen LogP contribution in [-0.4, -0.2) is 35.4 Å². The fourth-order valence-electron chi connectivity index (χ4n) is 17.0. The summed E-state index contributed by atoms with van der Waals surface area (Å²) in [5.74, 6) is -4.70. The number of halogens is 11. The van der Waals surface area contributed by atoms with Crippen LogP contribution >= 0.6 is 0 Å². The molecule has 0 fully saturated rings. The molecule has 0 spiro atoms. The van der Waals surface area contributed by atoms with Crippen molar-refractivity contribution in [2.24, 2.45) is 0 Å². The third-order valence-electron chi connectivity index (χ3n) is 21.9. The van der Waals surface area contributed by atoms with Crippen molar-refractivity contribution in [2.45, 2.75) is 81.3 Å². The summed E-state index contributed by atoms with van der Waals surface area (Å²) in [6, 6.07) is 51.9. The van der Waals surface area contributed by atoms with Crippen LogP contribution in [0.3, 0.4) is 0 Å². The normalized spacial score (nSPS) is 13.6. The molecule has 0 bridgehead atoms. The minimum absolute atomic E-state index is 0.00172. The van der Waals surface area contributed by atoms with Gasteiger partial charge < -0.3 is 14.0 Å². The van der Waals surface area contributed by atoms with Crippen molar-refractivity contribution in [2.75, 3.05) is 0 Å². The minimum atomic E-state index is -6.34. The van der Waals surface area contributed by atoms with Gasteiger partial charge in [0.2, 0.25) is 0 Å². The molecule has 0 heterocycles. The predicted molar refractivity (Wildman–Crippen MR) is 448 cm³/mol. The van der Waals surface area contributed by atoms with E-state index in [0.717, 1.165) is 50.7 Å². The fraction of sp³-hybridized carbons (Fsp3) is 0.122. The zero-order valence-corrected chi connectivity index (χ0v) is 68.8. The average molecular weight is 1790 g/mol. The molecule has 15 rings (SSSR count). The first-order valence-electron chi connectivity index (χ1n) is 37.9. The maximum absolute atomic E-state index is 16.6. The highest BCUT2D eigenvalue weighted by Gasteiger charge is 2.52. The van der Waals surface area contributed by atoms with Gasteiger partial charge in [-0.2, -0.15) is 79.1 Å². The van der Waals surface area contributed by atoms with Crippen LogP contribution < -0.4 is 40.8 Å². The highest BCUT2D eigenvalue weighted by Crippen LogP contribution is 2.46. The second kappa shape index (κ2) is 36.2. The first kappa shape index (κ1) is 91.1. The standard InChI is InChI=1S/C34H15F3N6O4S2.C32H15F5N4O.C32H17F3N4O/c1-41-22-9-5-8-20(11-22)29-26(33(42-2)43-3)13-24-27(17-48(44)45)30-25(32(31(24)29)49(46,47)34(35,36)37)12-23(21(15-39)16-40)28(30)19-7-4-6-18(10-19)14-38;1-16-6-4-7-17(10-16)26-24(31(40-2)41-3)13-23-28(26)29(33)22-12-21(19(14-38)15-39)25(27(22)30(23)34)18-8-5-9-20(11-18)42-32(35,36)37;1-18-6-4-7-19(10-18)30-26-12-21-14-27(23(16-36)17-37)29(20-8-5-9-24(11-20)40-32(33,34)35)25(21)13-22(26)15-28(30)31(38-2)39-3/h4-11H,12-13,17H2,(H,44,45);4-11H,12-13H2,1H3;4-13H,14-15H2,1H3/p-1. The van der Waals surface area contributed by atoms with Gasteiger partial charge in [0.1, 0.15) is 116 Å². The van der Waals surface area contributed by atoms with Crippen molar-refractivity contribution >= 4 is 60.0 Å². The number of alkyl halides is 9. The molecular weight excluding hydrogens is 1740 g/mol. The largest absolute Gasteiger partial charge is 0.772 e. The van der Waals surface area contributed by atoms with Crippen LogP contribution in [0.1, 0.15) is 89.0 Å². The van der Waals surface area contributed by atoms with E-state index < -0.39 is 114 Å². The molecule has 9 aromatic carbocycles. The zero-order valence-electron chi connectivity index (χ0n) is 67.1.